The van der Waals surface area contributed by atoms with Gasteiger partial charge in [0.05, 0.1) is 6.33 Å². The van der Waals surface area contributed by atoms with Crippen molar-refractivity contribution in [2.45, 2.75) is 13.3 Å². The van der Waals surface area contributed by atoms with Gasteiger partial charge in [0.15, 0.2) is 5.82 Å². The third-order valence-electron chi connectivity index (χ3n) is 2.93. The molecule has 0 bridgehead atoms. The number of aromatic amines is 1. The van der Waals surface area contributed by atoms with Crippen LogP contribution < -0.4 is 16.2 Å². The second-order valence-corrected chi connectivity index (χ2v) is 4.88. The van der Waals surface area contributed by atoms with E-state index >= 15 is 0 Å². The number of hydrogen-bond donors (Lipinski definition) is 2. The smallest absolute Gasteiger partial charge is 0.271 e. The summed E-state index contributed by atoms with van der Waals surface area (Å²) in [6.45, 7) is 3.22. The highest BCUT2D eigenvalue weighted by Gasteiger charge is 2.16. The number of hydrogen-bond acceptors (Lipinski definition) is 4. The fourth-order valence-electron chi connectivity index (χ4n) is 1.96. The molecule has 0 aliphatic rings. The van der Waals surface area contributed by atoms with Crippen LogP contribution in [0.25, 0.3) is 0 Å². The van der Waals surface area contributed by atoms with Gasteiger partial charge in [-0.1, -0.05) is 23.7 Å². The van der Waals surface area contributed by atoms with E-state index in [2.05, 4.69) is 9.97 Å². The van der Waals surface area contributed by atoms with Crippen molar-refractivity contribution in [1.82, 2.24) is 9.97 Å². The first-order chi connectivity index (χ1) is 9.63. The molecule has 0 fully saturated rings. The van der Waals surface area contributed by atoms with Crippen LogP contribution in [-0.4, -0.2) is 23.1 Å². The summed E-state index contributed by atoms with van der Waals surface area (Å²) in [6.07, 6.45) is 2.13. The highest BCUT2D eigenvalue weighted by Crippen LogP contribution is 2.28. The molecule has 0 spiro atoms. The maximum atomic E-state index is 11.6. The van der Waals surface area contributed by atoms with Crippen molar-refractivity contribution in [1.29, 1.82) is 0 Å². The Morgan fingerprint density at radius 3 is 2.95 bits per heavy atom. The molecular weight excluding hydrogens is 276 g/mol. The number of benzene rings is 1. The molecule has 0 saturated heterocycles. The minimum Gasteiger partial charge on any atom is -0.330 e. The molecule has 0 radical (unpaired) electrons. The molecule has 0 atom stereocenters. The molecular formula is C14H17ClN4O. The second-order valence-electron chi connectivity index (χ2n) is 4.50. The summed E-state index contributed by atoms with van der Waals surface area (Å²) in [6, 6.07) is 7.96. The topological polar surface area (TPSA) is 75.0 Å². The standard InChI is InChI=1S/C14H17ClN4O/c1-10-4-2-5-11(8-10)19(7-3-6-16)13-12(15)14(20)18-9-17-13/h2,4-5,8-9H,3,6-7,16H2,1H3,(H,17,18,20). The number of nitrogens with zero attached hydrogens (tertiary/aromatic N) is 2. The van der Waals surface area contributed by atoms with Gasteiger partial charge in [-0.25, -0.2) is 4.98 Å². The molecule has 0 unspecified atom stereocenters. The number of nitrogens with two attached hydrogens (primary N) is 1. The number of H-pyrrole nitrogens is 1. The predicted molar refractivity (Wildman–Crippen MR) is 81.7 cm³/mol. The molecule has 1 aromatic carbocycles. The van der Waals surface area contributed by atoms with Crippen molar-refractivity contribution in [2.75, 3.05) is 18.0 Å². The van der Waals surface area contributed by atoms with Crippen LogP contribution in [0.1, 0.15) is 12.0 Å². The van der Waals surface area contributed by atoms with E-state index in [9.17, 15) is 4.79 Å². The van der Waals surface area contributed by atoms with E-state index in [0.29, 0.717) is 18.9 Å². The fourth-order valence-corrected chi connectivity index (χ4v) is 2.17. The number of anilines is 2. The minimum absolute atomic E-state index is 0.0889. The van der Waals surface area contributed by atoms with Crippen LogP contribution in [0.2, 0.25) is 5.02 Å². The zero-order valence-corrected chi connectivity index (χ0v) is 12.0. The van der Waals surface area contributed by atoms with Gasteiger partial charge in [0.1, 0.15) is 5.02 Å². The van der Waals surface area contributed by atoms with Gasteiger partial charge in [-0.3, -0.25) is 4.79 Å². The first kappa shape index (κ1) is 14.6. The van der Waals surface area contributed by atoms with E-state index in [-0.39, 0.29) is 10.6 Å². The average molecular weight is 293 g/mol. The molecule has 2 rings (SSSR count). The Kier molecular flexibility index (Phi) is 4.76. The van der Waals surface area contributed by atoms with Crippen molar-refractivity contribution in [3.8, 4) is 0 Å². The van der Waals surface area contributed by atoms with Crippen molar-refractivity contribution in [3.63, 3.8) is 0 Å². The minimum atomic E-state index is -0.345. The van der Waals surface area contributed by atoms with E-state index in [4.69, 9.17) is 17.3 Å². The summed E-state index contributed by atoms with van der Waals surface area (Å²) >= 11 is 6.08. The van der Waals surface area contributed by atoms with E-state index < -0.39 is 0 Å². The lowest BCUT2D eigenvalue weighted by Gasteiger charge is -2.24. The van der Waals surface area contributed by atoms with E-state index in [1.54, 1.807) is 0 Å². The van der Waals surface area contributed by atoms with Crippen LogP contribution in [0, 0.1) is 6.92 Å². The van der Waals surface area contributed by atoms with E-state index in [0.717, 1.165) is 17.7 Å². The van der Waals surface area contributed by atoms with Gasteiger partial charge in [-0.05, 0) is 37.6 Å². The molecule has 106 valence electrons. The molecule has 0 amide bonds. The molecule has 0 saturated carbocycles. The highest BCUT2D eigenvalue weighted by molar-refractivity contribution is 6.32. The van der Waals surface area contributed by atoms with Crippen molar-refractivity contribution < 1.29 is 0 Å². The van der Waals surface area contributed by atoms with Gasteiger partial charge < -0.3 is 15.6 Å². The molecule has 2 aromatic rings. The quantitative estimate of drug-likeness (QED) is 0.886. The molecule has 20 heavy (non-hydrogen) atoms. The van der Waals surface area contributed by atoms with E-state index in [1.165, 1.54) is 6.33 Å². The summed E-state index contributed by atoms with van der Waals surface area (Å²) in [5.41, 5.74) is 7.31. The zero-order chi connectivity index (χ0) is 14.5. The average Bonchev–Trinajstić information content (AvgIpc) is 2.44. The van der Waals surface area contributed by atoms with Gasteiger partial charge in [0, 0.05) is 12.2 Å². The van der Waals surface area contributed by atoms with Crippen molar-refractivity contribution in [2.24, 2.45) is 5.73 Å². The molecule has 0 aliphatic heterocycles. The Morgan fingerprint density at radius 2 is 2.25 bits per heavy atom. The molecule has 3 N–H and O–H groups in total. The first-order valence-electron chi connectivity index (χ1n) is 6.41. The Hall–Kier alpha value is -1.85. The van der Waals surface area contributed by atoms with Crippen molar-refractivity contribution >= 4 is 23.1 Å². The van der Waals surface area contributed by atoms with Gasteiger partial charge in [-0.15, -0.1) is 0 Å². The van der Waals surface area contributed by atoms with Crippen LogP contribution in [0.4, 0.5) is 11.5 Å². The molecule has 5 nitrogen and oxygen atoms in total. The highest BCUT2D eigenvalue weighted by atomic mass is 35.5. The lowest BCUT2D eigenvalue weighted by atomic mass is 10.2. The second kappa shape index (κ2) is 6.54. The predicted octanol–water partition coefficient (Wildman–Crippen LogP) is 2.22. The summed E-state index contributed by atoms with van der Waals surface area (Å²) in [5, 5.41) is 0.0889. The summed E-state index contributed by atoms with van der Waals surface area (Å²) in [4.78, 5) is 20.2. The zero-order valence-electron chi connectivity index (χ0n) is 11.3. The van der Waals surface area contributed by atoms with Gasteiger partial charge >= 0.3 is 0 Å². The first-order valence-corrected chi connectivity index (χ1v) is 6.78. The molecule has 1 heterocycles. The third-order valence-corrected chi connectivity index (χ3v) is 3.27. The number of nitrogens with one attached hydrogen (secondary N) is 1. The van der Waals surface area contributed by atoms with E-state index in [1.807, 2.05) is 36.1 Å². The summed E-state index contributed by atoms with van der Waals surface area (Å²) in [7, 11) is 0. The Bertz CT molecular complexity index is 641. The SMILES string of the molecule is Cc1cccc(N(CCCN)c2nc[nH]c(=O)c2Cl)c1. The van der Waals surface area contributed by atoms with Crippen LogP contribution in [0.3, 0.4) is 0 Å². The lowest BCUT2D eigenvalue weighted by molar-refractivity contribution is 0.807. The van der Waals surface area contributed by atoms with Crippen LogP contribution in [0.5, 0.6) is 0 Å². The number of aromatic nitrogens is 2. The summed E-state index contributed by atoms with van der Waals surface area (Å²) in [5.74, 6) is 0.453. The monoisotopic (exact) mass is 292 g/mol. The fraction of sp³-hybridized carbons (Fsp3) is 0.286. The van der Waals surface area contributed by atoms with Gasteiger partial charge in [0.2, 0.25) is 0 Å². The third kappa shape index (κ3) is 3.18. The van der Waals surface area contributed by atoms with Gasteiger partial charge in [0.25, 0.3) is 5.56 Å². The normalized spacial score (nSPS) is 10.6. The number of aryl methyl sites for hydroxylation is 1. The summed E-state index contributed by atoms with van der Waals surface area (Å²) < 4.78 is 0. The van der Waals surface area contributed by atoms with Gasteiger partial charge in [-0.2, -0.15) is 0 Å². The Balaban J connectivity index is 2.47. The molecule has 1 aromatic heterocycles. The number of halogens is 1. The van der Waals surface area contributed by atoms with Crippen LogP contribution in [-0.2, 0) is 0 Å². The maximum absolute atomic E-state index is 11.6. The number of rotatable bonds is 5. The van der Waals surface area contributed by atoms with Crippen molar-refractivity contribution in [3.05, 3.63) is 51.5 Å². The van der Waals surface area contributed by atoms with Crippen LogP contribution >= 0.6 is 11.6 Å². The molecule has 0 aliphatic carbocycles. The molecule has 6 heteroatoms. The largest absolute Gasteiger partial charge is 0.330 e. The Labute approximate surface area is 122 Å². The Morgan fingerprint density at radius 1 is 1.45 bits per heavy atom. The lowest BCUT2D eigenvalue weighted by Crippen LogP contribution is -2.24. The van der Waals surface area contributed by atoms with Crippen LogP contribution in [0.15, 0.2) is 35.4 Å². The maximum Gasteiger partial charge on any atom is 0.271 e.